The molecule has 0 aliphatic rings. The first-order valence-corrected chi connectivity index (χ1v) is 7.71. The molecule has 0 aliphatic carbocycles. The monoisotopic (exact) mass is 172 g/mol. The van der Waals surface area contributed by atoms with Crippen LogP contribution in [0.3, 0.4) is 0 Å². The lowest BCUT2D eigenvalue weighted by Gasteiger charge is -2.23. The number of hydrogen-bond donors (Lipinski definition) is 0. The molecular formula is C9H20OSi. The molecule has 1 atom stereocenters. The Morgan fingerprint density at radius 1 is 1.45 bits per heavy atom. The highest BCUT2D eigenvalue weighted by atomic mass is 28.4. The molecule has 0 aromatic carbocycles. The topological polar surface area (TPSA) is 9.23 Å². The van der Waals surface area contributed by atoms with Gasteiger partial charge in [-0.25, -0.2) is 0 Å². The molecular weight excluding hydrogens is 152 g/mol. The van der Waals surface area contributed by atoms with Crippen LogP contribution in [0.4, 0.5) is 0 Å². The lowest BCUT2D eigenvalue weighted by Crippen LogP contribution is -2.30. The van der Waals surface area contributed by atoms with Gasteiger partial charge in [0.25, 0.3) is 0 Å². The van der Waals surface area contributed by atoms with Crippen molar-refractivity contribution in [3.63, 3.8) is 0 Å². The maximum Gasteiger partial charge on any atom is 0.184 e. The van der Waals surface area contributed by atoms with E-state index in [1.165, 1.54) is 6.42 Å². The summed E-state index contributed by atoms with van der Waals surface area (Å²) < 4.78 is 5.85. The van der Waals surface area contributed by atoms with Crippen LogP contribution in [0.2, 0.25) is 19.6 Å². The average Bonchev–Trinajstić information content (AvgIpc) is 1.84. The zero-order valence-electron chi connectivity index (χ0n) is 8.18. The standard InChI is InChI=1S/C9H20OSi/c1-6-8-9(7-2)10-11(3,4)5/h7,9H,2,6,8H2,1,3-5H3. The summed E-state index contributed by atoms with van der Waals surface area (Å²) in [6, 6.07) is 0. The summed E-state index contributed by atoms with van der Waals surface area (Å²) in [6.07, 6.45) is 4.48. The van der Waals surface area contributed by atoms with Crippen LogP contribution in [-0.4, -0.2) is 14.4 Å². The van der Waals surface area contributed by atoms with Crippen molar-refractivity contribution < 1.29 is 4.43 Å². The highest BCUT2D eigenvalue weighted by Gasteiger charge is 2.18. The Hall–Kier alpha value is -0.0831. The van der Waals surface area contributed by atoms with Gasteiger partial charge in [0.2, 0.25) is 0 Å². The molecule has 0 fully saturated rings. The first-order valence-electron chi connectivity index (χ1n) is 4.30. The van der Waals surface area contributed by atoms with Crippen molar-refractivity contribution in [1.82, 2.24) is 0 Å². The third-order valence-electron chi connectivity index (χ3n) is 1.34. The van der Waals surface area contributed by atoms with Gasteiger partial charge in [0.15, 0.2) is 8.32 Å². The summed E-state index contributed by atoms with van der Waals surface area (Å²) in [4.78, 5) is 0. The van der Waals surface area contributed by atoms with Crippen LogP contribution in [0, 0.1) is 0 Å². The van der Waals surface area contributed by atoms with E-state index in [0.717, 1.165) is 6.42 Å². The molecule has 1 unspecified atom stereocenters. The molecule has 0 amide bonds. The zero-order valence-corrected chi connectivity index (χ0v) is 9.18. The maximum absolute atomic E-state index is 5.85. The highest BCUT2D eigenvalue weighted by molar-refractivity contribution is 6.69. The van der Waals surface area contributed by atoms with E-state index >= 15 is 0 Å². The predicted molar refractivity (Wildman–Crippen MR) is 53.3 cm³/mol. The van der Waals surface area contributed by atoms with Crippen molar-refractivity contribution in [3.8, 4) is 0 Å². The van der Waals surface area contributed by atoms with Crippen molar-refractivity contribution in [1.29, 1.82) is 0 Å². The van der Waals surface area contributed by atoms with E-state index in [4.69, 9.17) is 4.43 Å². The van der Waals surface area contributed by atoms with E-state index in [1.807, 2.05) is 6.08 Å². The van der Waals surface area contributed by atoms with E-state index in [-0.39, 0.29) is 6.10 Å². The van der Waals surface area contributed by atoms with Crippen LogP contribution in [0.5, 0.6) is 0 Å². The lowest BCUT2D eigenvalue weighted by atomic mass is 10.2. The van der Waals surface area contributed by atoms with Gasteiger partial charge >= 0.3 is 0 Å². The molecule has 0 rings (SSSR count). The third kappa shape index (κ3) is 6.32. The Labute approximate surface area is 71.6 Å². The van der Waals surface area contributed by atoms with Crippen LogP contribution in [0.1, 0.15) is 19.8 Å². The second kappa shape index (κ2) is 4.73. The van der Waals surface area contributed by atoms with Gasteiger partial charge in [0.05, 0.1) is 6.10 Å². The average molecular weight is 172 g/mol. The van der Waals surface area contributed by atoms with Gasteiger partial charge in [0, 0.05) is 0 Å². The van der Waals surface area contributed by atoms with Crippen LogP contribution in [0.25, 0.3) is 0 Å². The van der Waals surface area contributed by atoms with E-state index in [1.54, 1.807) is 0 Å². The molecule has 1 nitrogen and oxygen atoms in total. The second-order valence-electron chi connectivity index (χ2n) is 3.79. The molecule has 66 valence electrons. The van der Waals surface area contributed by atoms with Gasteiger partial charge in [-0.15, -0.1) is 6.58 Å². The molecule has 0 aliphatic heterocycles. The molecule has 0 bridgehead atoms. The van der Waals surface area contributed by atoms with Crippen molar-refractivity contribution in [3.05, 3.63) is 12.7 Å². The van der Waals surface area contributed by atoms with Gasteiger partial charge in [0.1, 0.15) is 0 Å². The Morgan fingerprint density at radius 3 is 2.27 bits per heavy atom. The minimum Gasteiger partial charge on any atom is -0.411 e. The third-order valence-corrected chi connectivity index (χ3v) is 2.35. The van der Waals surface area contributed by atoms with Gasteiger partial charge in [-0.2, -0.15) is 0 Å². The SMILES string of the molecule is C=CC(CCC)O[Si](C)(C)C. The normalized spacial score (nSPS) is 14.5. The second-order valence-corrected chi connectivity index (χ2v) is 8.25. The van der Waals surface area contributed by atoms with Gasteiger partial charge in [-0.1, -0.05) is 19.4 Å². The maximum atomic E-state index is 5.85. The van der Waals surface area contributed by atoms with E-state index in [2.05, 4.69) is 33.1 Å². The summed E-state index contributed by atoms with van der Waals surface area (Å²) >= 11 is 0. The van der Waals surface area contributed by atoms with Crippen molar-refractivity contribution in [2.75, 3.05) is 0 Å². The van der Waals surface area contributed by atoms with Gasteiger partial charge in [-0.3, -0.25) is 0 Å². The smallest absolute Gasteiger partial charge is 0.184 e. The minimum absolute atomic E-state index is 0.284. The fraction of sp³-hybridized carbons (Fsp3) is 0.778. The summed E-state index contributed by atoms with van der Waals surface area (Å²) in [6.45, 7) is 12.6. The molecule has 0 aromatic heterocycles. The lowest BCUT2D eigenvalue weighted by molar-refractivity contribution is 0.230. The molecule has 0 spiro atoms. The number of hydrogen-bond acceptors (Lipinski definition) is 1. The number of rotatable bonds is 5. The van der Waals surface area contributed by atoms with Crippen LogP contribution < -0.4 is 0 Å². The molecule has 0 saturated heterocycles. The first-order chi connectivity index (χ1) is 4.99. The summed E-state index contributed by atoms with van der Waals surface area (Å²) in [5.41, 5.74) is 0. The molecule has 0 N–H and O–H groups in total. The van der Waals surface area contributed by atoms with Crippen LogP contribution >= 0.6 is 0 Å². The van der Waals surface area contributed by atoms with E-state index in [9.17, 15) is 0 Å². The quantitative estimate of drug-likeness (QED) is 0.457. The van der Waals surface area contributed by atoms with Gasteiger partial charge < -0.3 is 4.43 Å². The molecule has 11 heavy (non-hydrogen) atoms. The largest absolute Gasteiger partial charge is 0.411 e. The van der Waals surface area contributed by atoms with Crippen molar-refractivity contribution in [2.45, 2.75) is 45.5 Å². The van der Waals surface area contributed by atoms with E-state index in [0.29, 0.717) is 0 Å². The molecule has 0 aromatic rings. The fourth-order valence-corrected chi connectivity index (χ4v) is 2.09. The Balaban J connectivity index is 3.77. The molecule has 2 heteroatoms. The van der Waals surface area contributed by atoms with E-state index < -0.39 is 8.32 Å². The minimum atomic E-state index is -1.35. The summed E-state index contributed by atoms with van der Waals surface area (Å²) in [5, 5.41) is 0. The fourth-order valence-electron chi connectivity index (χ4n) is 0.964. The van der Waals surface area contributed by atoms with Gasteiger partial charge in [-0.05, 0) is 26.1 Å². The van der Waals surface area contributed by atoms with Crippen molar-refractivity contribution >= 4 is 8.32 Å². The highest BCUT2D eigenvalue weighted by Crippen LogP contribution is 2.11. The Kier molecular flexibility index (Phi) is 4.69. The molecule has 0 saturated carbocycles. The predicted octanol–water partition coefficient (Wildman–Crippen LogP) is 3.19. The summed E-state index contributed by atoms with van der Waals surface area (Å²) in [5.74, 6) is 0. The van der Waals surface area contributed by atoms with Crippen molar-refractivity contribution in [2.24, 2.45) is 0 Å². The van der Waals surface area contributed by atoms with Crippen LogP contribution in [0.15, 0.2) is 12.7 Å². The zero-order chi connectivity index (χ0) is 8.91. The first kappa shape index (κ1) is 10.9. The molecule has 0 radical (unpaired) electrons. The summed E-state index contributed by atoms with van der Waals surface area (Å²) in [7, 11) is -1.35. The molecule has 0 heterocycles. The van der Waals surface area contributed by atoms with Crippen LogP contribution in [-0.2, 0) is 4.43 Å². The Bertz CT molecular complexity index is 115. The Morgan fingerprint density at radius 2 is 2.00 bits per heavy atom.